The van der Waals surface area contributed by atoms with E-state index in [9.17, 15) is 4.57 Å². The number of hydrogen-bond acceptors (Lipinski definition) is 2. The summed E-state index contributed by atoms with van der Waals surface area (Å²) in [5.41, 5.74) is 0. The quantitative estimate of drug-likeness (QED) is 0.645. The van der Waals surface area contributed by atoms with Gasteiger partial charge in [0.15, 0.2) is 0 Å². The average molecular weight is 166 g/mol. The van der Waals surface area contributed by atoms with Gasteiger partial charge in [-0.15, -0.1) is 0 Å². The highest BCUT2D eigenvalue weighted by atomic mass is 31.1. The molecule has 4 heteroatoms. The highest BCUT2D eigenvalue weighted by Crippen LogP contribution is 2.41. The van der Waals surface area contributed by atoms with Crippen LogP contribution >= 0.6 is 8.03 Å². The maximum atomic E-state index is 10.8. The van der Waals surface area contributed by atoms with E-state index in [1.807, 2.05) is 13.8 Å². The van der Waals surface area contributed by atoms with Crippen LogP contribution in [-0.4, -0.2) is 17.3 Å². The van der Waals surface area contributed by atoms with Crippen LogP contribution in [-0.2, 0) is 9.30 Å². The lowest BCUT2D eigenvalue weighted by Crippen LogP contribution is -2.24. The summed E-state index contributed by atoms with van der Waals surface area (Å²) in [4.78, 5) is 8.88. The van der Waals surface area contributed by atoms with Gasteiger partial charge in [0.25, 0.3) is 0 Å². The van der Waals surface area contributed by atoms with Crippen molar-refractivity contribution in [2.75, 3.05) is 7.11 Å². The summed E-state index contributed by atoms with van der Waals surface area (Å²) in [6, 6.07) is 0. The van der Waals surface area contributed by atoms with E-state index < -0.39 is 13.4 Å². The summed E-state index contributed by atoms with van der Waals surface area (Å²) >= 11 is 0. The molecule has 0 aromatic carbocycles. The van der Waals surface area contributed by atoms with Crippen LogP contribution in [0.1, 0.15) is 26.7 Å². The van der Waals surface area contributed by atoms with Gasteiger partial charge in [-0.05, 0) is 12.8 Å². The van der Waals surface area contributed by atoms with Crippen molar-refractivity contribution < 1.29 is 14.2 Å². The maximum Gasteiger partial charge on any atom is 0.219 e. The molecule has 0 saturated heterocycles. The molecule has 0 fully saturated rings. The smallest absolute Gasteiger partial charge is 0.219 e. The van der Waals surface area contributed by atoms with Crippen LogP contribution in [0.4, 0.5) is 0 Å². The first-order valence-electron chi connectivity index (χ1n) is 3.41. The molecule has 0 aliphatic carbocycles. The summed E-state index contributed by atoms with van der Waals surface area (Å²) < 4.78 is 15.8. The molecule has 1 atom stereocenters. The van der Waals surface area contributed by atoms with Crippen LogP contribution in [0.25, 0.3) is 0 Å². The molecule has 0 rings (SSSR count). The van der Waals surface area contributed by atoms with Gasteiger partial charge >= 0.3 is 0 Å². The second-order valence-corrected chi connectivity index (χ2v) is 3.73. The van der Waals surface area contributed by atoms with Crippen molar-refractivity contribution >= 4 is 8.03 Å². The van der Waals surface area contributed by atoms with E-state index in [-0.39, 0.29) is 0 Å². The van der Waals surface area contributed by atoms with Crippen LogP contribution in [0.5, 0.6) is 0 Å². The lowest BCUT2D eigenvalue weighted by Gasteiger charge is -2.26. The molecular formula is C6H15O3P. The molecule has 10 heavy (non-hydrogen) atoms. The fraction of sp³-hybridized carbons (Fsp3) is 1.00. The van der Waals surface area contributed by atoms with Crippen molar-refractivity contribution in [3.8, 4) is 0 Å². The van der Waals surface area contributed by atoms with Crippen molar-refractivity contribution in [2.24, 2.45) is 0 Å². The second kappa shape index (κ2) is 4.12. The van der Waals surface area contributed by atoms with Gasteiger partial charge in [0.05, 0.1) is 0 Å². The van der Waals surface area contributed by atoms with Crippen LogP contribution in [0.2, 0.25) is 0 Å². The summed E-state index contributed by atoms with van der Waals surface area (Å²) in [7, 11) is -1.08. The minimum Gasteiger partial charge on any atom is -0.368 e. The zero-order valence-electron chi connectivity index (χ0n) is 6.68. The molecule has 1 N–H and O–H groups in total. The van der Waals surface area contributed by atoms with E-state index >= 15 is 0 Å². The van der Waals surface area contributed by atoms with Gasteiger partial charge in [-0.3, -0.25) is 4.57 Å². The van der Waals surface area contributed by atoms with Gasteiger partial charge in [-0.25, -0.2) is 0 Å². The monoisotopic (exact) mass is 166 g/mol. The lowest BCUT2D eigenvalue weighted by molar-refractivity contribution is 0.0487. The Kier molecular flexibility index (Phi) is 4.18. The van der Waals surface area contributed by atoms with Crippen LogP contribution < -0.4 is 0 Å². The Morgan fingerprint density at radius 3 is 1.90 bits per heavy atom. The van der Waals surface area contributed by atoms with E-state index in [0.29, 0.717) is 12.8 Å². The van der Waals surface area contributed by atoms with Crippen molar-refractivity contribution in [1.29, 1.82) is 0 Å². The molecule has 62 valence electrons. The predicted molar refractivity (Wildman–Crippen MR) is 41.5 cm³/mol. The summed E-state index contributed by atoms with van der Waals surface area (Å²) in [6.07, 6.45) is 1.18. The van der Waals surface area contributed by atoms with Crippen molar-refractivity contribution in [1.82, 2.24) is 0 Å². The molecule has 0 spiro atoms. The van der Waals surface area contributed by atoms with Crippen molar-refractivity contribution in [3.05, 3.63) is 0 Å². The lowest BCUT2D eigenvalue weighted by atomic mass is 10.2. The molecule has 0 radical (unpaired) electrons. The first-order valence-corrected chi connectivity index (χ1v) is 4.77. The maximum absolute atomic E-state index is 10.8. The van der Waals surface area contributed by atoms with E-state index in [4.69, 9.17) is 9.63 Å². The third-order valence-electron chi connectivity index (χ3n) is 1.92. The molecule has 0 heterocycles. The highest BCUT2D eigenvalue weighted by molar-refractivity contribution is 7.39. The Bertz CT molecular complexity index is 112. The largest absolute Gasteiger partial charge is 0.368 e. The number of methoxy groups -OCH3 is 1. The van der Waals surface area contributed by atoms with Crippen LogP contribution in [0, 0.1) is 0 Å². The summed E-state index contributed by atoms with van der Waals surface area (Å²) in [5, 5.41) is -0.773. The minimum absolute atomic E-state index is 0.592. The van der Waals surface area contributed by atoms with E-state index in [2.05, 4.69) is 0 Å². The Morgan fingerprint density at radius 2 is 1.90 bits per heavy atom. The highest BCUT2D eigenvalue weighted by Gasteiger charge is 2.31. The number of hydrogen-bond donors (Lipinski definition) is 1. The van der Waals surface area contributed by atoms with Gasteiger partial charge in [-0.1, -0.05) is 13.8 Å². The zero-order valence-corrected chi connectivity index (χ0v) is 7.68. The first kappa shape index (κ1) is 10.2. The molecule has 0 bridgehead atoms. The first-order chi connectivity index (χ1) is 4.63. The summed E-state index contributed by atoms with van der Waals surface area (Å²) in [6.45, 7) is 3.71. The number of rotatable bonds is 4. The molecule has 0 aromatic rings. The van der Waals surface area contributed by atoms with Crippen molar-refractivity contribution in [3.63, 3.8) is 0 Å². The molecule has 0 aliphatic rings. The predicted octanol–water partition coefficient (Wildman–Crippen LogP) is 1.62. The van der Waals surface area contributed by atoms with Crippen LogP contribution in [0.15, 0.2) is 0 Å². The standard InChI is InChI=1S/C6H15O3P/c1-4-6(5-2,9-3)10(7)8/h10H,4-5H2,1-3H3,(H,7,8). The third kappa shape index (κ3) is 1.82. The van der Waals surface area contributed by atoms with Gasteiger partial charge in [0.1, 0.15) is 5.34 Å². The second-order valence-electron chi connectivity index (χ2n) is 2.21. The van der Waals surface area contributed by atoms with Gasteiger partial charge in [-0.2, -0.15) is 0 Å². The van der Waals surface area contributed by atoms with Gasteiger partial charge in [0, 0.05) is 7.11 Å². The SMILES string of the molecule is CCC(CC)(OC)[PH](=O)O. The van der Waals surface area contributed by atoms with Gasteiger partial charge in [0.2, 0.25) is 8.03 Å². The molecule has 3 nitrogen and oxygen atoms in total. The molecule has 0 amide bonds. The Morgan fingerprint density at radius 1 is 1.50 bits per heavy atom. The fourth-order valence-electron chi connectivity index (χ4n) is 0.928. The van der Waals surface area contributed by atoms with E-state index in [0.717, 1.165) is 0 Å². The molecule has 1 unspecified atom stereocenters. The Labute approximate surface area is 62.3 Å². The molecule has 0 saturated carbocycles. The van der Waals surface area contributed by atoms with E-state index in [1.54, 1.807) is 0 Å². The molecule has 0 aromatic heterocycles. The Balaban J connectivity index is 4.31. The average Bonchev–Trinajstić information content (AvgIpc) is 1.92. The van der Waals surface area contributed by atoms with Gasteiger partial charge < -0.3 is 9.63 Å². The number of ether oxygens (including phenoxy) is 1. The van der Waals surface area contributed by atoms with Crippen LogP contribution in [0.3, 0.4) is 0 Å². The Hall–Kier alpha value is 0.150. The normalized spacial score (nSPS) is 15.2. The minimum atomic E-state index is -2.56. The molecular weight excluding hydrogens is 151 g/mol. The topological polar surface area (TPSA) is 46.5 Å². The summed E-state index contributed by atoms with van der Waals surface area (Å²) in [5.74, 6) is 0. The zero-order chi connectivity index (χ0) is 8.20. The van der Waals surface area contributed by atoms with E-state index in [1.165, 1.54) is 7.11 Å². The third-order valence-corrected chi connectivity index (χ3v) is 3.61. The molecule has 0 aliphatic heterocycles. The fourth-order valence-corrected chi connectivity index (χ4v) is 1.71. The van der Waals surface area contributed by atoms with Crippen molar-refractivity contribution in [2.45, 2.75) is 32.0 Å².